The van der Waals surface area contributed by atoms with Crippen LogP contribution < -0.4 is 59.7 Å². The number of thioether (sulfide) groups is 1. The van der Waals surface area contributed by atoms with Gasteiger partial charge in [0.05, 0.1) is 23.9 Å². The first kappa shape index (κ1) is 69.0. The molecular formula is C59H82N14O13S. The molecule has 0 unspecified atom stereocenters. The summed E-state index contributed by atoms with van der Waals surface area (Å²) in [4.78, 5) is 144. The third-order valence-corrected chi connectivity index (χ3v) is 15.5. The van der Waals surface area contributed by atoms with E-state index in [2.05, 4.69) is 52.5 Å². The van der Waals surface area contributed by atoms with Crippen molar-refractivity contribution in [2.75, 3.05) is 32.4 Å². The van der Waals surface area contributed by atoms with Crippen molar-refractivity contribution in [3.8, 4) is 5.75 Å². The van der Waals surface area contributed by atoms with Crippen LogP contribution in [0.4, 0.5) is 0 Å². The minimum atomic E-state index is -1.79. The molecule has 0 saturated carbocycles. The molecule has 1 aromatic heterocycles. The Kier molecular flexibility index (Phi) is 26.8. The van der Waals surface area contributed by atoms with Gasteiger partial charge in [-0.15, -0.1) is 11.8 Å². The summed E-state index contributed by atoms with van der Waals surface area (Å²) in [5, 5.41) is 52.7. The van der Waals surface area contributed by atoms with Gasteiger partial charge in [-0.05, 0) is 67.0 Å². The number of β-amino-alcohol motifs (C(OH)–C–C–N with tert-alkyl or cyclic N) is 1. The van der Waals surface area contributed by atoms with Gasteiger partial charge in [-0.25, -0.2) is 0 Å². The Hall–Kier alpha value is -8.76. The fourth-order valence-electron chi connectivity index (χ4n) is 9.81. The Morgan fingerprint density at radius 3 is 1.98 bits per heavy atom. The topological polar surface area (TPSA) is 437 Å². The Morgan fingerprint density at radius 1 is 0.701 bits per heavy atom. The number of fused-ring (bicyclic) bond motifs is 1. The second-order valence-electron chi connectivity index (χ2n) is 21.8. The number of aliphatic hydroxyl groups is 2. The molecule has 3 aromatic carbocycles. The van der Waals surface area contributed by atoms with Gasteiger partial charge in [0.25, 0.3) is 0 Å². The van der Waals surface area contributed by atoms with Crippen LogP contribution in [0.1, 0.15) is 76.5 Å². The highest BCUT2D eigenvalue weighted by atomic mass is 32.2. The lowest BCUT2D eigenvalue weighted by Crippen LogP contribution is -2.61. The summed E-state index contributed by atoms with van der Waals surface area (Å²) in [5.41, 5.74) is 19.9. The number of H-pyrrole nitrogens is 1. The summed E-state index contributed by atoms with van der Waals surface area (Å²) in [7, 11) is 1.51. The fourth-order valence-corrected chi connectivity index (χ4v) is 11.1. The maximum Gasteiger partial charge on any atom is 0.246 e. The van der Waals surface area contributed by atoms with Gasteiger partial charge in [0, 0.05) is 82.1 Å². The lowest BCUT2D eigenvalue weighted by atomic mass is 10.0. The van der Waals surface area contributed by atoms with Crippen molar-refractivity contribution in [1.82, 2.24) is 52.4 Å². The molecule has 87 heavy (non-hydrogen) atoms. The van der Waals surface area contributed by atoms with Crippen molar-refractivity contribution in [1.29, 1.82) is 0 Å². The number of aromatic amines is 1. The Bertz CT molecular complexity index is 3050. The highest BCUT2D eigenvalue weighted by Gasteiger charge is 2.43. The number of carbonyl (C=O) groups excluding carboxylic acids is 10. The molecule has 0 radical (unpaired) electrons. The molecule has 1 aliphatic heterocycles. The second kappa shape index (κ2) is 33.8. The van der Waals surface area contributed by atoms with Crippen molar-refractivity contribution in [3.05, 3.63) is 102 Å². The van der Waals surface area contributed by atoms with E-state index in [9.17, 15) is 63.3 Å². The van der Waals surface area contributed by atoms with Gasteiger partial charge in [0.1, 0.15) is 48.0 Å². The number of phenolic OH excluding ortho intramolecular Hbond substituents is 1. The van der Waals surface area contributed by atoms with Gasteiger partial charge in [0.15, 0.2) is 5.96 Å². The highest BCUT2D eigenvalue weighted by Crippen LogP contribution is 2.24. The molecule has 1 saturated heterocycles. The molecule has 2 heterocycles. The quantitative estimate of drug-likeness (QED) is 0.0141. The highest BCUT2D eigenvalue weighted by molar-refractivity contribution is 8.00. The van der Waals surface area contributed by atoms with Gasteiger partial charge >= 0.3 is 0 Å². The number of aromatic hydroxyl groups is 1. The third kappa shape index (κ3) is 21.9. The van der Waals surface area contributed by atoms with Crippen molar-refractivity contribution < 1.29 is 63.3 Å². The van der Waals surface area contributed by atoms with Gasteiger partial charge in [-0.2, -0.15) is 0 Å². The number of carbonyl (C=O) groups is 10. The number of hydrogen-bond donors (Lipinski definition) is 15. The van der Waals surface area contributed by atoms with E-state index in [-0.39, 0.29) is 68.6 Å². The van der Waals surface area contributed by atoms with Crippen LogP contribution >= 0.6 is 11.8 Å². The summed E-state index contributed by atoms with van der Waals surface area (Å²) in [6, 6.07) is 12.2. The predicted molar refractivity (Wildman–Crippen MR) is 326 cm³/mol. The van der Waals surface area contributed by atoms with Crippen molar-refractivity contribution in [2.45, 2.75) is 139 Å². The Morgan fingerprint density at radius 2 is 1.33 bits per heavy atom. The molecule has 0 aliphatic carbocycles. The van der Waals surface area contributed by atoms with Crippen LogP contribution in [0.2, 0.25) is 0 Å². The number of hydrogen-bond acceptors (Lipinski definition) is 15. The normalized spacial score (nSPS) is 16.8. The van der Waals surface area contributed by atoms with E-state index >= 15 is 0 Å². The lowest BCUT2D eigenvalue weighted by molar-refractivity contribution is -0.142. The molecule has 1 fully saturated rings. The SMILES string of the molecule is CN=C(N)NCCC[C@H](NC(=O)[C@H](CC(C)C)SCCNC(=O)[C@H](Cc1ccccc1)NC(=O)[C@@H](NC(=O)[C@H](CC(N)=O)NC(=O)[C@@H]1C[C@@H](O)CN1C(=O)[C@@H](Cc1ccc(O)cc1)NC(C)=O)[C@@H](C)O)C(=O)N[C@@H](Cc1c[nH]c2ccccc12)C(N)=O. The summed E-state index contributed by atoms with van der Waals surface area (Å²) in [6.45, 7) is 6.17. The molecule has 472 valence electrons. The largest absolute Gasteiger partial charge is 0.508 e. The summed E-state index contributed by atoms with van der Waals surface area (Å²) >= 11 is 1.22. The zero-order valence-corrected chi connectivity index (χ0v) is 50.2. The molecule has 10 amide bonds. The Labute approximate surface area is 508 Å². The number of likely N-dealkylation sites (tertiary alicyclic amines) is 1. The molecule has 1 aliphatic rings. The molecule has 0 spiro atoms. The van der Waals surface area contributed by atoms with Crippen LogP contribution in [0.15, 0.2) is 90.1 Å². The van der Waals surface area contributed by atoms with Crippen molar-refractivity contribution in [3.63, 3.8) is 0 Å². The average molecular weight is 1230 g/mol. The minimum Gasteiger partial charge on any atom is -0.508 e. The van der Waals surface area contributed by atoms with Gasteiger partial charge in [-0.1, -0.05) is 74.5 Å². The molecular weight excluding hydrogens is 1140 g/mol. The molecule has 10 atom stereocenters. The minimum absolute atomic E-state index is 0.00258. The monoisotopic (exact) mass is 1230 g/mol. The van der Waals surface area contributed by atoms with E-state index in [1.54, 1.807) is 36.5 Å². The maximum absolute atomic E-state index is 14.2. The number of amides is 10. The number of para-hydroxylation sites is 1. The number of nitrogens with one attached hydrogen (secondary N) is 9. The molecule has 4 aromatic rings. The molecule has 27 nitrogen and oxygen atoms in total. The Balaban J connectivity index is 1.25. The number of rotatable bonds is 33. The molecule has 0 bridgehead atoms. The number of aliphatic imine (C=N–C) groups is 1. The number of aliphatic hydroxyl groups excluding tert-OH is 2. The number of nitrogens with two attached hydrogens (primary N) is 3. The van der Waals surface area contributed by atoms with Crippen LogP contribution in [-0.4, -0.2) is 182 Å². The van der Waals surface area contributed by atoms with Crippen LogP contribution in [0.3, 0.4) is 0 Å². The van der Waals surface area contributed by atoms with E-state index in [1.165, 1.54) is 56.9 Å². The van der Waals surface area contributed by atoms with Crippen LogP contribution in [0.5, 0.6) is 5.75 Å². The van der Waals surface area contributed by atoms with Crippen LogP contribution in [-0.2, 0) is 67.2 Å². The zero-order chi connectivity index (χ0) is 63.9. The van der Waals surface area contributed by atoms with Crippen molar-refractivity contribution >= 4 is 87.7 Å². The third-order valence-electron chi connectivity index (χ3n) is 14.2. The molecule has 28 heteroatoms. The molecule has 5 rings (SSSR count). The lowest BCUT2D eigenvalue weighted by Gasteiger charge is -2.30. The van der Waals surface area contributed by atoms with Gasteiger partial charge in [-0.3, -0.25) is 52.9 Å². The smallest absolute Gasteiger partial charge is 0.246 e. The van der Waals surface area contributed by atoms with E-state index in [4.69, 9.17) is 17.2 Å². The van der Waals surface area contributed by atoms with Gasteiger partial charge < -0.3 is 84.9 Å². The summed E-state index contributed by atoms with van der Waals surface area (Å²) in [6.07, 6.45) is -1.41. The first-order valence-corrected chi connectivity index (χ1v) is 29.6. The van der Waals surface area contributed by atoms with E-state index in [1.807, 2.05) is 38.1 Å². The summed E-state index contributed by atoms with van der Waals surface area (Å²) < 4.78 is 0. The molecule has 18 N–H and O–H groups in total. The summed E-state index contributed by atoms with van der Waals surface area (Å²) in [5.74, 6) is -7.80. The first-order chi connectivity index (χ1) is 41.3. The predicted octanol–water partition coefficient (Wildman–Crippen LogP) is -1.89. The number of nitrogens with zero attached hydrogens (tertiary/aromatic N) is 2. The number of benzene rings is 3. The van der Waals surface area contributed by atoms with Crippen molar-refractivity contribution in [2.24, 2.45) is 28.1 Å². The number of phenols is 1. The standard InChI is InChI=1S/C59H82N14O13S/c1-32(2)24-48(56(84)68-42(16-11-21-65-59(62)63-5)53(81)69-43(51(61)79)27-37-30-66-41-15-10-9-14-40(37)41)87-23-22-64-52(80)44(25-35-12-7-6-8-13-35)71-57(85)50(33(3)74)72-54(82)45(29-49(60)78)70-55(83)47-28-39(77)31-73(47)58(86)46(67-34(4)75)26-36-17-19-38(76)20-18-36/h6-10,12-15,17-20,30,32-33,39,42-48,50,66,74,76-77H,11,16,21-29,31H2,1-5H3,(H2,60,78)(H2,61,79)(H,64,80)(H,67,75)(H,68,84)(H,69,81)(H,70,83)(H,71,85)(H,72,82)(H3,62,63,65)/t33-,39-,42+,43+,44+,45+,46-,47+,48+,50+/m1/s1. The number of guanidine groups is 1. The van der Waals surface area contributed by atoms with E-state index in [0.29, 0.717) is 30.5 Å². The second-order valence-corrected chi connectivity index (χ2v) is 23.1. The van der Waals surface area contributed by atoms with E-state index < -0.39 is 125 Å². The number of primary amides is 2. The van der Waals surface area contributed by atoms with Gasteiger partial charge in [0.2, 0.25) is 59.1 Å². The average Bonchev–Trinajstić information content (AvgIpc) is 3.52. The fraction of sp³-hybridized carbons (Fsp3) is 0.475. The number of aromatic nitrogens is 1. The van der Waals surface area contributed by atoms with E-state index in [0.717, 1.165) is 21.4 Å². The van der Waals surface area contributed by atoms with Crippen LogP contribution in [0, 0.1) is 5.92 Å². The zero-order valence-electron chi connectivity index (χ0n) is 49.4. The maximum atomic E-state index is 14.2. The first-order valence-electron chi connectivity index (χ1n) is 28.6. The van der Waals surface area contributed by atoms with Crippen LogP contribution in [0.25, 0.3) is 10.9 Å².